The predicted molar refractivity (Wildman–Crippen MR) is 107 cm³/mol. The van der Waals surface area contributed by atoms with Crippen molar-refractivity contribution < 1.29 is 14.3 Å². The van der Waals surface area contributed by atoms with Crippen LogP contribution in [0.3, 0.4) is 0 Å². The van der Waals surface area contributed by atoms with Crippen LogP contribution in [0.5, 0.6) is 0 Å². The van der Waals surface area contributed by atoms with Crippen molar-refractivity contribution in [1.29, 1.82) is 0 Å². The summed E-state index contributed by atoms with van der Waals surface area (Å²) in [5, 5.41) is 5.85. The fourth-order valence-electron chi connectivity index (χ4n) is 2.77. The number of nitrogens with zero attached hydrogens (tertiary/aromatic N) is 2. The first kappa shape index (κ1) is 19.2. The van der Waals surface area contributed by atoms with Crippen LogP contribution in [0.1, 0.15) is 30.4 Å². The molecule has 140 valence electrons. The Bertz CT molecular complexity index is 819. The Morgan fingerprint density at radius 1 is 1.07 bits per heavy atom. The molecule has 0 aromatic heterocycles. The van der Waals surface area contributed by atoms with Gasteiger partial charge in [-0.3, -0.25) is 9.59 Å². The van der Waals surface area contributed by atoms with E-state index >= 15 is 0 Å². The average Bonchev–Trinajstić information content (AvgIpc) is 3.22. The SMILES string of the molecule is CSc1ccc(COC(=O)CCC(=O)N2CCC(c3ccccc3)=N2)cc1. The van der Waals surface area contributed by atoms with E-state index in [9.17, 15) is 9.59 Å². The highest BCUT2D eigenvalue weighted by Crippen LogP contribution is 2.16. The summed E-state index contributed by atoms with van der Waals surface area (Å²) >= 11 is 1.66. The molecule has 6 heteroatoms. The van der Waals surface area contributed by atoms with Crippen molar-refractivity contribution >= 4 is 29.4 Å². The highest BCUT2D eigenvalue weighted by Gasteiger charge is 2.22. The highest BCUT2D eigenvalue weighted by molar-refractivity contribution is 7.98. The number of hydrogen-bond acceptors (Lipinski definition) is 5. The minimum absolute atomic E-state index is 0.0639. The van der Waals surface area contributed by atoms with Gasteiger partial charge < -0.3 is 4.74 Å². The number of benzene rings is 2. The summed E-state index contributed by atoms with van der Waals surface area (Å²) in [6.45, 7) is 0.779. The van der Waals surface area contributed by atoms with Gasteiger partial charge in [0.05, 0.1) is 18.7 Å². The van der Waals surface area contributed by atoms with Gasteiger partial charge in [0.1, 0.15) is 6.61 Å². The van der Waals surface area contributed by atoms with E-state index in [1.54, 1.807) is 11.8 Å². The van der Waals surface area contributed by atoms with Crippen LogP contribution in [0.4, 0.5) is 0 Å². The third kappa shape index (κ3) is 5.44. The van der Waals surface area contributed by atoms with Crippen molar-refractivity contribution in [3.63, 3.8) is 0 Å². The van der Waals surface area contributed by atoms with Gasteiger partial charge in [0.2, 0.25) is 5.91 Å². The zero-order valence-electron chi connectivity index (χ0n) is 15.3. The lowest BCUT2D eigenvalue weighted by Crippen LogP contribution is -2.24. The number of amides is 1. The average molecular weight is 382 g/mol. The second-order valence-corrected chi connectivity index (χ2v) is 7.07. The van der Waals surface area contributed by atoms with E-state index in [-0.39, 0.29) is 31.3 Å². The highest BCUT2D eigenvalue weighted by atomic mass is 32.2. The number of hydrazone groups is 1. The monoisotopic (exact) mass is 382 g/mol. The first-order valence-corrected chi connectivity index (χ1v) is 10.1. The predicted octanol–water partition coefficient (Wildman–Crippen LogP) is 3.87. The summed E-state index contributed by atoms with van der Waals surface area (Å²) in [6, 6.07) is 17.7. The first-order chi connectivity index (χ1) is 13.2. The van der Waals surface area contributed by atoms with Crippen LogP contribution in [0.15, 0.2) is 64.6 Å². The lowest BCUT2D eigenvalue weighted by molar-refractivity contribution is -0.147. The maximum atomic E-state index is 12.3. The minimum Gasteiger partial charge on any atom is -0.461 e. The van der Waals surface area contributed by atoms with Gasteiger partial charge in [0.15, 0.2) is 0 Å². The maximum Gasteiger partial charge on any atom is 0.306 e. The van der Waals surface area contributed by atoms with Crippen LogP contribution in [0, 0.1) is 0 Å². The Kier molecular flexibility index (Phi) is 6.65. The zero-order chi connectivity index (χ0) is 19.1. The molecule has 0 unspecified atom stereocenters. The molecule has 0 radical (unpaired) electrons. The maximum absolute atomic E-state index is 12.3. The first-order valence-electron chi connectivity index (χ1n) is 8.87. The smallest absolute Gasteiger partial charge is 0.306 e. The van der Waals surface area contributed by atoms with Crippen molar-refractivity contribution in [2.24, 2.45) is 5.10 Å². The Labute approximate surface area is 163 Å². The van der Waals surface area contributed by atoms with Gasteiger partial charge in [0.25, 0.3) is 0 Å². The van der Waals surface area contributed by atoms with E-state index in [1.165, 1.54) is 5.01 Å². The molecule has 0 bridgehead atoms. The molecule has 0 saturated heterocycles. The molecular formula is C21H22N2O3S. The third-order valence-electron chi connectivity index (χ3n) is 4.30. The molecule has 1 aliphatic rings. The van der Waals surface area contributed by atoms with Gasteiger partial charge in [-0.15, -0.1) is 11.8 Å². The molecule has 3 rings (SSSR count). The topological polar surface area (TPSA) is 59.0 Å². The lowest BCUT2D eigenvalue weighted by atomic mass is 10.1. The molecule has 1 aliphatic heterocycles. The zero-order valence-corrected chi connectivity index (χ0v) is 16.1. The molecule has 2 aromatic carbocycles. The normalized spacial score (nSPS) is 13.4. The Morgan fingerprint density at radius 3 is 2.52 bits per heavy atom. The van der Waals surface area contributed by atoms with Crippen molar-refractivity contribution in [2.75, 3.05) is 12.8 Å². The molecule has 1 heterocycles. The molecule has 0 saturated carbocycles. The van der Waals surface area contributed by atoms with Crippen LogP contribution >= 0.6 is 11.8 Å². The van der Waals surface area contributed by atoms with Gasteiger partial charge in [-0.25, -0.2) is 5.01 Å². The van der Waals surface area contributed by atoms with E-state index in [4.69, 9.17) is 4.74 Å². The largest absolute Gasteiger partial charge is 0.461 e. The van der Waals surface area contributed by atoms with Crippen LogP contribution in [-0.2, 0) is 20.9 Å². The molecule has 0 atom stereocenters. The molecular weight excluding hydrogens is 360 g/mol. The van der Waals surface area contributed by atoms with E-state index < -0.39 is 0 Å². The van der Waals surface area contributed by atoms with Gasteiger partial charge >= 0.3 is 5.97 Å². The number of ether oxygens (including phenoxy) is 1. The van der Waals surface area contributed by atoms with Gasteiger partial charge in [-0.2, -0.15) is 5.10 Å². The lowest BCUT2D eigenvalue weighted by Gasteiger charge is -2.11. The molecule has 5 nitrogen and oxygen atoms in total. The van der Waals surface area contributed by atoms with Crippen LogP contribution in [-0.4, -0.2) is 35.4 Å². The van der Waals surface area contributed by atoms with Gasteiger partial charge in [0, 0.05) is 17.7 Å². The third-order valence-corrected chi connectivity index (χ3v) is 5.04. The van der Waals surface area contributed by atoms with Crippen LogP contribution < -0.4 is 0 Å². The van der Waals surface area contributed by atoms with Crippen LogP contribution in [0.2, 0.25) is 0 Å². The summed E-state index contributed by atoms with van der Waals surface area (Å²) in [5.74, 6) is -0.522. The fraction of sp³-hybridized carbons (Fsp3) is 0.286. The number of thioether (sulfide) groups is 1. The summed E-state index contributed by atoms with van der Waals surface area (Å²) in [4.78, 5) is 25.4. The molecule has 27 heavy (non-hydrogen) atoms. The molecule has 0 fully saturated rings. The molecule has 0 spiro atoms. The summed E-state index contributed by atoms with van der Waals surface area (Å²) in [6.07, 6.45) is 2.91. The molecule has 0 aliphatic carbocycles. The number of hydrogen-bond donors (Lipinski definition) is 0. The van der Waals surface area contributed by atoms with Gasteiger partial charge in [-0.05, 0) is 29.5 Å². The number of carbonyl (C=O) groups excluding carboxylic acids is 2. The number of carbonyl (C=O) groups is 2. The number of esters is 1. The summed E-state index contributed by atoms with van der Waals surface area (Å²) in [5.41, 5.74) is 2.86. The molecule has 1 amide bonds. The van der Waals surface area contributed by atoms with Crippen molar-refractivity contribution in [3.05, 3.63) is 65.7 Å². The second kappa shape index (κ2) is 9.37. The minimum atomic E-state index is -0.372. The number of rotatable bonds is 7. The van der Waals surface area contributed by atoms with Crippen molar-refractivity contribution in [1.82, 2.24) is 5.01 Å². The molecule has 0 N–H and O–H groups in total. The quantitative estimate of drug-likeness (QED) is 0.539. The molecule has 2 aromatic rings. The van der Waals surface area contributed by atoms with E-state index in [1.807, 2.05) is 60.9 Å². The second-order valence-electron chi connectivity index (χ2n) is 6.19. The standard InChI is InChI=1S/C21H22N2O3S/c1-27-18-9-7-16(8-10-18)15-26-21(25)12-11-20(24)23-14-13-19(22-23)17-5-3-2-4-6-17/h2-10H,11-15H2,1H3. The Hall–Kier alpha value is -2.60. The van der Waals surface area contributed by atoms with E-state index in [2.05, 4.69) is 5.10 Å². The van der Waals surface area contributed by atoms with E-state index in [0.717, 1.165) is 28.2 Å². The van der Waals surface area contributed by atoms with Gasteiger partial charge in [-0.1, -0.05) is 42.5 Å². The van der Waals surface area contributed by atoms with Crippen molar-refractivity contribution in [2.45, 2.75) is 30.8 Å². The fourth-order valence-corrected chi connectivity index (χ4v) is 3.17. The Morgan fingerprint density at radius 2 is 1.81 bits per heavy atom. The van der Waals surface area contributed by atoms with Crippen molar-refractivity contribution in [3.8, 4) is 0 Å². The summed E-state index contributed by atoms with van der Waals surface area (Å²) in [7, 11) is 0. The Balaban J connectivity index is 1.43. The van der Waals surface area contributed by atoms with E-state index in [0.29, 0.717) is 6.54 Å². The van der Waals surface area contributed by atoms with Crippen LogP contribution in [0.25, 0.3) is 0 Å². The summed E-state index contributed by atoms with van der Waals surface area (Å²) < 4.78 is 5.25.